The van der Waals surface area contributed by atoms with E-state index in [2.05, 4.69) is 10.9 Å². The van der Waals surface area contributed by atoms with Crippen LogP contribution in [0.2, 0.25) is 15.1 Å². The Morgan fingerprint density at radius 3 is 2.17 bits per heavy atom. The fourth-order valence-corrected chi connectivity index (χ4v) is 3.04. The third-order valence-electron chi connectivity index (χ3n) is 2.89. The Kier molecular flexibility index (Phi) is 7.24. The van der Waals surface area contributed by atoms with Crippen LogP contribution in [0.15, 0.2) is 47.4 Å². The number of benzene rings is 2. The van der Waals surface area contributed by atoms with Gasteiger partial charge >= 0.3 is 0 Å². The molecule has 0 saturated heterocycles. The Bertz CT molecular complexity index is 739. The molecule has 0 aliphatic heterocycles. The number of thioether (sulfide) groups is 1. The van der Waals surface area contributed by atoms with Crippen LogP contribution in [0, 0.1) is 0 Å². The van der Waals surface area contributed by atoms with E-state index in [4.69, 9.17) is 34.8 Å². The van der Waals surface area contributed by atoms with E-state index < -0.39 is 0 Å². The lowest BCUT2D eigenvalue weighted by Gasteiger charge is -2.08. The van der Waals surface area contributed by atoms with Gasteiger partial charge in [-0.2, -0.15) is 0 Å². The second-order valence-electron chi connectivity index (χ2n) is 4.75. The third-order valence-corrected chi connectivity index (χ3v) is 4.74. The lowest BCUT2D eigenvalue weighted by Crippen LogP contribution is -2.43. The Labute approximate surface area is 158 Å². The Morgan fingerprint density at radius 1 is 0.875 bits per heavy atom. The van der Waals surface area contributed by atoms with Crippen molar-refractivity contribution in [1.82, 2.24) is 10.9 Å². The normalized spacial score (nSPS) is 10.3. The van der Waals surface area contributed by atoms with Gasteiger partial charge in [0.25, 0.3) is 0 Å². The van der Waals surface area contributed by atoms with Gasteiger partial charge in [-0.3, -0.25) is 20.4 Å². The molecule has 0 unspecified atom stereocenters. The molecule has 0 radical (unpaired) electrons. The van der Waals surface area contributed by atoms with E-state index in [1.54, 1.807) is 30.3 Å². The molecule has 0 atom stereocenters. The largest absolute Gasteiger partial charge is 0.273 e. The fraction of sp³-hybridized carbons (Fsp3) is 0.125. The summed E-state index contributed by atoms with van der Waals surface area (Å²) in [6.45, 7) is 0. The van der Waals surface area contributed by atoms with E-state index in [0.717, 1.165) is 4.90 Å². The van der Waals surface area contributed by atoms with Gasteiger partial charge in [-0.15, -0.1) is 11.8 Å². The highest BCUT2D eigenvalue weighted by atomic mass is 35.5. The van der Waals surface area contributed by atoms with Gasteiger partial charge in [-0.1, -0.05) is 40.9 Å². The zero-order chi connectivity index (χ0) is 17.5. The average Bonchev–Trinajstić information content (AvgIpc) is 2.55. The molecule has 0 aliphatic rings. The molecule has 0 fully saturated rings. The average molecular weight is 404 g/mol. The molecule has 8 heteroatoms. The van der Waals surface area contributed by atoms with Gasteiger partial charge in [0.15, 0.2) is 0 Å². The quantitative estimate of drug-likeness (QED) is 0.583. The minimum Gasteiger partial charge on any atom is -0.273 e. The number of hydrogen-bond donors (Lipinski definition) is 2. The number of carbonyl (C=O) groups excluding carboxylic acids is 2. The number of amides is 2. The molecule has 2 aromatic carbocycles. The molecule has 2 amide bonds. The summed E-state index contributed by atoms with van der Waals surface area (Å²) >= 11 is 18.9. The smallest absolute Gasteiger partial charge is 0.248 e. The molecule has 0 spiro atoms. The van der Waals surface area contributed by atoms with Gasteiger partial charge in [-0.25, -0.2) is 0 Å². The second kappa shape index (κ2) is 9.18. The Hall–Kier alpha value is -1.40. The summed E-state index contributed by atoms with van der Waals surface area (Å²) in [5.41, 5.74) is 5.34. The molecule has 2 N–H and O–H groups in total. The number of carbonyl (C=O) groups is 2. The monoisotopic (exact) mass is 402 g/mol. The first kappa shape index (κ1) is 18.9. The topological polar surface area (TPSA) is 58.2 Å². The molecule has 0 saturated carbocycles. The number of rotatable bonds is 5. The highest BCUT2D eigenvalue weighted by molar-refractivity contribution is 8.00. The van der Waals surface area contributed by atoms with Crippen LogP contribution in [-0.4, -0.2) is 17.6 Å². The lowest BCUT2D eigenvalue weighted by molar-refractivity contribution is -0.127. The van der Waals surface area contributed by atoms with Crippen molar-refractivity contribution in [3.8, 4) is 0 Å². The number of hydrogen-bond acceptors (Lipinski definition) is 3. The summed E-state index contributed by atoms with van der Waals surface area (Å²) in [5, 5.41) is 1.54. The highest BCUT2D eigenvalue weighted by Gasteiger charge is 2.09. The van der Waals surface area contributed by atoms with E-state index in [0.29, 0.717) is 20.6 Å². The molecule has 126 valence electrons. The molecule has 0 bridgehead atoms. The molecule has 2 rings (SSSR count). The standard InChI is InChI=1S/C16H13Cl3N2O2S/c17-11-3-5-13(6-4-11)24-9-16(23)21-20-15(22)7-10-1-2-12(18)8-14(10)19/h1-6,8H,7,9H2,(H,20,22)(H,21,23). The minimum atomic E-state index is -0.371. The summed E-state index contributed by atoms with van der Waals surface area (Å²) in [4.78, 5) is 24.5. The number of halogens is 3. The first-order valence-corrected chi connectivity index (χ1v) is 8.96. The SMILES string of the molecule is O=C(CSc1ccc(Cl)cc1)NNC(=O)Cc1ccc(Cl)cc1Cl. The van der Waals surface area contributed by atoms with Crippen LogP contribution in [0.25, 0.3) is 0 Å². The van der Waals surface area contributed by atoms with E-state index >= 15 is 0 Å². The maximum absolute atomic E-state index is 11.8. The van der Waals surface area contributed by atoms with Crippen molar-refractivity contribution < 1.29 is 9.59 Å². The van der Waals surface area contributed by atoms with Crippen LogP contribution in [0.4, 0.5) is 0 Å². The van der Waals surface area contributed by atoms with Gasteiger partial charge < -0.3 is 0 Å². The van der Waals surface area contributed by atoms with E-state index in [9.17, 15) is 9.59 Å². The van der Waals surface area contributed by atoms with Crippen LogP contribution in [0.1, 0.15) is 5.56 Å². The summed E-state index contributed by atoms with van der Waals surface area (Å²) in [7, 11) is 0. The second-order valence-corrected chi connectivity index (χ2v) is 7.08. The van der Waals surface area contributed by atoms with Crippen LogP contribution >= 0.6 is 46.6 Å². The first-order chi connectivity index (χ1) is 11.4. The molecular formula is C16H13Cl3N2O2S. The van der Waals surface area contributed by atoms with Crippen molar-refractivity contribution in [3.63, 3.8) is 0 Å². The van der Waals surface area contributed by atoms with Crippen LogP contribution < -0.4 is 10.9 Å². The first-order valence-electron chi connectivity index (χ1n) is 6.84. The van der Waals surface area contributed by atoms with Crippen molar-refractivity contribution in [2.75, 3.05) is 5.75 Å². The zero-order valence-electron chi connectivity index (χ0n) is 12.3. The number of nitrogens with one attached hydrogen (secondary N) is 2. The highest BCUT2D eigenvalue weighted by Crippen LogP contribution is 2.21. The Morgan fingerprint density at radius 2 is 1.50 bits per heavy atom. The van der Waals surface area contributed by atoms with E-state index in [1.807, 2.05) is 12.1 Å². The van der Waals surface area contributed by atoms with Crippen LogP contribution in [0.5, 0.6) is 0 Å². The predicted molar refractivity (Wildman–Crippen MR) is 98.6 cm³/mol. The van der Waals surface area contributed by atoms with Gasteiger partial charge in [0.05, 0.1) is 12.2 Å². The molecule has 2 aromatic rings. The predicted octanol–water partition coefficient (Wildman–Crippen LogP) is 4.13. The summed E-state index contributed by atoms with van der Waals surface area (Å²) in [6, 6.07) is 12.0. The van der Waals surface area contributed by atoms with Crippen molar-refractivity contribution >= 4 is 58.4 Å². The number of hydrazine groups is 1. The molecule has 4 nitrogen and oxygen atoms in total. The molecule has 0 heterocycles. The van der Waals surface area contributed by atoms with Gasteiger partial charge in [0.2, 0.25) is 11.8 Å². The molecular weight excluding hydrogens is 391 g/mol. The fourth-order valence-electron chi connectivity index (χ4n) is 1.74. The lowest BCUT2D eigenvalue weighted by atomic mass is 10.1. The molecule has 24 heavy (non-hydrogen) atoms. The third kappa shape index (κ3) is 6.24. The van der Waals surface area contributed by atoms with Gasteiger partial charge in [0, 0.05) is 20.0 Å². The molecule has 0 aliphatic carbocycles. The summed E-state index contributed by atoms with van der Waals surface area (Å²) < 4.78 is 0. The minimum absolute atomic E-state index is 0.0423. The zero-order valence-corrected chi connectivity index (χ0v) is 15.4. The Balaban J connectivity index is 1.74. The maximum Gasteiger partial charge on any atom is 0.248 e. The van der Waals surface area contributed by atoms with E-state index in [-0.39, 0.29) is 24.0 Å². The van der Waals surface area contributed by atoms with Crippen LogP contribution in [0.3, 0.4) is 0 Å². The van der Waals surface area contributed by atoms with Crippen molar-refractivity contribution in [2.24, 2.45) is 0 Å². The maximum atomic E-state index is 11.8. The molecule has 0 aromatic heterocycles. The van der Waals surface area contributed by atoms with E-state index in [1.165, 1.54) is 11.8 Å². The van der Waals surface area contributed by atoms with Crippen molar-refractivity contribution in [2.45, 2.75) is 11.3 Å². The summed E-state index contributed by atoms with van der Waals surface area (Å²) in [5.74, 6) is -0.515. The van der Waals surface area contributed by atoms with Crippen molar-refractivity contribution in [3.05, 3.63) is 63.1 Å². The van der Waals surface area contributed by atoms with Crippen molar-refractivity contribution in [1.29, 1.82) is 0 Å². The van der Waals surface area contributed by atoms with Gasteiger partial charge in [-0.05, 0) is 42.0 Å². The van der Waals surface area contributed by atoms with Gasteiger partial charge in [0.1, 0.15) is 0 Å². The van der Waals surface area contributed by atoms with Crippen LogP contribution in [-0.2, 0) is 16.0 Å². The summed E-state index contributed by atoms with van der Waals surface area (Å²) in [6.07, 6.45) is 0.0423.